The fraction of sp³-hybridized carbons (Fsp3) is 0.700. The van der Waals surface area contributed by atoms with Crippen LogP contribution in [-0.2, 0) is 28.5 Å². The molecule has 12 nitrogen and oxygen atoms in total. The van der Waals surface area contributed by atoms with E-state index in [1.54, 1.807) is 9.80 Å². The van der Waals surface area contributed by atoms with Crippen molar-refractivity contribution >= 4 is 24.0 Å². The van der Waals surface area contributed by atoms with E-state index in [1.165, 1.54) is 0 Å². The number of carbonyl (C=O) groups is 4. The zero-order valence-electron chi connectivity index (χ0n) is 18.2. The van der Waals surface area contributed by atoms with Gasteiger partial charge in [-0.25, -0.2) is 19.2 Å². The van der Waals surface area contributed by atoms with Gasteiger partial charge in [-0.1, -0.05) is 0 Å². The molecule has 0 aromatic carbocycles. The lowest BCUT2D eigenvalue weighted by Crippen LogP contribution is -2.46. The van der Waals surface area contributed by atoms with Crippen LogP contribution in [-0.4, -0.2) is 113 Å². The van der Waals surface area contributed by atoms with Crippen molar-refractivity contribution in [3.63, 3.8) is 0 Å². The lowest BCUT2D eigenvalue weighted by atomic mass is 10.4. The molecule has 180 valence electrons. The van der Waals surface area contributed by atoms with Gasteiger partial charge in [0.25, 0.3) is 0 Å². The normalized spacial score (nSPS) is 16.5. The summed E-state index contributed by atoms with van der Waals surface area (Å²) in [6, 6.07) is -0.328. The summed E-state index contributed by atoms with van der Waals surface area (Å²) in [5, 5.41) is 5.50. The summed E-state index contributed by atoms with van der Waals surface area (Å²) in [6.07, 6.45) is 2.90. The summed E-state index contributed by atoms with van der Waals surface area (Å²) in [4.78, 5) is 50.3. The number of urea groups is 2. The maximum Gasteiger partial charge on any atom is 0.331 e. The molecule has 2 saturated heterocycles. The number of morpholine rings is 2. The fourth-order valence-electron chi connectivity index (χ4n) is 2.87. The second-order valence-corrected chi connectivity index (χ2v) is 7.04. The van der Waals surface area contributed by atoms with E-state index in [9.17, 15) is 19.2 Å². The van der Waals surface area contributed by atoms with Crippen LogP contribution in [0.1, 0.15) is 12.8 Å². The topological polar surface area (TPSA) is 136 Å². The first-order valence-corrected chi connectivity index (χ1v) is 10.8. The molecule has 32 heavy (non-hydrogen) atoms. The molecular formula is C20H32N4O8. The minimum atomic E-state index is -0.667. The summed E-state index contributed by atoms with van der Waals surface area (Å²) in [5.74, 6) is -1.33. The number of carbonyl (C=O) groups excluding carboxylic acids is 4. The molecule has 2 heterocycles. The Kier molecular flexibility index (Phi) is 11.9. The van der Waals surface area contributed by atoms with E-state index in [0.717, 1.165) is 12.2 Å². The van der Waals surface area contributed by atoms with Gasteiger partial charge in [0.15, 0.2) is 0 Å². The molecule has 2 fully saturated rings. The molecule has 12 heteroatoms. The number of nitrogens with one attached hydrogen (secondary N) is 2. The Morgan fingerprint density at radius 1 is 0.688 bits per heavy atom. The Balaban J connectivity index is 1.44. The maximum atomic E-state index is 11.9. The summed E-state index contributed by atoms with van der Waals surface area (Å²) in [5.41, 5.74) is 0. The van der Waals surface area contributed by atoms with Crippen LogP contribution in [0.25, 0.3) is 0 Å². The van der Waals surface area contributed by atoms with Crippen molar-refractivity contribution in [1.82, 2.24) is 20.4 Å². The summed E-state index contributed by atoms with van der Waals surface area (Å²) in [7, 11) is 0. The van der Waals surface area contributed by atoms with Crippen molar-refractivity contribution in [3.05, 3.63) is 12.2 Å². The van der Waals surface area contributed by atoms with Crippen molar-refractivity contribution in [2.24, 2.45) is 0 Å². The van der Waals surface area contributed by atoms with Crippen molar-refractivity contribution in [1.29, 1.82) is 0 Å². The zero-order valence-corrected chi connectivity index (χ0v) is 18.2. The molecular weight excluding hydrogens is 424 g/mol. The minimum absolute atomic E-state index is 0.116. The molecule has 2 aliphatic heterocycles. The average molecular weight is 456 g/mol. The lowest BCUT2D eigenvalue weighted by Gasteiger charge is -2.26. The maximum absolute atomic E-state index is 11.9. The van der Waals surface area contributed by atoms with E-state index in [2.05, 4.69) is 10.6 Å². The molecule has 0 radical (unpaired) electrons. The monoisotopic (exact) mass is 456 g/mol. The van der Waals surface area contributed by atoms with Crippen LogP contribution in [0.3, 0.4) is 0 Å². The van der Waals surface area contributed by atoms with Gasteiger partial charge in [0.2, 0.25) is 0 Å². The van der Waals surface area contributed by atoms with Gasteiger partial charge in [0, 0.05) is 51.4 Å². The molecule has 0 aliphatic carbocycles. The molecule has 2 rings (SSSR count). The summed E-state index contributed by atoms with van der Waals surface area (Å²) >= 11 is 0. The average Bonchev–Trinajstić information content (AvgIpc) is 2.83. The second kappa shape index (κ2) is 15.0. The van der Waals surface area contributed by atoms with Crippen molar-refractivity contribution in [2.75, 3.05) is 78.9 Å². The van der Waals surface area contributed by atoms with Crippen LogP contribution in [0.15, 0.2) is 12.2 Å². The van der Waals surface area contributed by atoms with Crippen LogP contribution >= 0.6 is 0 Å². The Hall–Kier alpha value is -2.86. The number of amides is 4. The molecule has 2 N–H and O–H groups in total. The SMILES string of the molecule is O=C(/C=C/C(=O)OCCCNC(=O)N1CCOCC1)OCCCNC(=O)N1CCOCC1. The van der Waals surface area contributed by atoms with Gasteiger partial charge in [-0.15, -0.1) is 0 Å². The first-order valence-electron chi connectivity index (χ1n) is 10.8. The second-order valence-electron chi connectivity index (χ2n) is 7.04. The molecule has 2 aliphatic rings. The van der Waals surface area contributed by atoms with Gasteiger partial charge in [0.1, 0.15) is 0 Å². The quantitative estimate of drug-likeness (QED) is 0.255. The van der Waals surface area contributed by atoms with Gasteiger partial charge in [-0.3, -0.25) is 0 Å². The molecule has 4 amide bonds. The first kappa shape index (κ1) is 25.4. The number of nitrogens with zero attached hydrogens (tertiary/aromatic N) is 2. The predicted octanol–water partition coefficient (Wildman–Crippen LogP) is -0.507. The third kappa shape index (κ3) is 10.4. The van der Waals surface area contributed by atoms with Crippen molar-refractivity contribution in [2.45, 2.75) is 12.8 Å². The zero-order chi connectivity index (χ0) is 23.0. The van der Waals surface area contributed by atoms with Gasteiger partial charge in [0.05, 0.1) is 39.6 Å². The minimum Gasteiger partial charge on any atom is -0.462 e. The third-order valence-corrected chi connectivity index (χ3v) is 4.64. The molecule has 0 saturated carbocycles. The van der Waals surface area contributed by atoms with Crippen LogP contribution in [0.2, 0.25) is 0 Å². The molecule has 0 atom stereocenters. The van der Waals surface area contributed by atoms with E-state index in [0.29, 0.717) is 78.5 Å². The first-order chi connectivity index (χ1) is 15.6. The predicted molar refractivity (Wildman–Crippen MR) is 112 cm³/mol. The standard InChI is InChI=1S/C20H32N4O8/c25-17(31-11-1-5-21-19(27)23-7-13-29-14-8-23)3-4-18(26)32-12-2-6-22-20(28)24-9-15-30-16-10-24/h3-4H,1-2,5-16H2,(H,21,27)(H,22,28)/b4-3+. The highest BCUT2D eigenvalue weighted by molar-refractivity contribution is 5.91. The number of hydrogen-bond donors (Lipinski definition) is 2. The van der Waals surface area contributed by atoms with Crippen LogP contribution < -0.4 is 10.6 Å². The smallest absolute Gasteiger partial charge is 0.331 e. The van der Waals surface area contributed by atoms with Gasteiger partial charge < -0.3 is 39.4 Å². The number of esters is 2. The van der Waals surface area contributed by atoms with Gasteiger partial charge >= 0.3 is 24.0 Å². The van der Waals surface area contributed by atoms with E-state index in [1.807, 2.05) is 0 Å². The molecule has 0 spiro atoms. The van der Waals surface area contributed by atoms with Gasteiger partial charge in [-0.05, 0) is 12.8 Å². The molecule has 0 aromatic heterocycles. The van der Waals surface area contributed by atoms with Crippen LogP contribution in [0.4, 0.5) is 9.59 Å². The van der Waals surface area contributed by atoms with E-state index in [-0.39, 0.29) is 25.3 Å². The Bertz CT molecular complexity index is 592. The fourth-order valence-corrected chi connectivity index (χ4v) is 2.87. The molecule has 0 bridgehead atoms. The van der Waals surface area contributed by atoms with Crippen LogP contribution in [0, 0.1) is 0 Å². The summed E-state index contributed by atoms with van der Waals surface area (Å²) in [6.45, 7) is 5.35. The Labute approximate surface area is 187 Å². The van der Waals surface area contributed by atoms with Crippen molar-refractivity contribution < 1.29 is 38.1 Å². The Morgan fingerprint density at radius 2 is 1.06 bits per heavy atom. The highest BCUT2D eigenvalue weighted by Gasteiger charge is 2.16. The van der Waals surface area contributed by atoms with E-state index in [4.69, 9.17) is 18.9 Å². The Morgan fingerprint density at radius 3 is 1.44 bits per heavy atom. The van der Waals surface area contributed by atoms with Crippen LogP contribution in [0.5, 0.6) is 0 Å². The number of ether oxygens (including phenoxy) is 4. The lowest BCUT2D eigenvalue weighted by molar-refractivity contribution is -0.140. The van der Waals surface area contributed by atoms with Crippen molar-refractivity contribution in [3.8, 4) is 0 Å². The number of hydrogen-bond acceptors (Lipinski definition) is 8. The highest BCUT2D eigenvalue weighted by Crippen LogP contribution is 1.98. The van der Waals surface area contributed by atoms with E-state index >= 15 is 0 Å². The highest BCUT2D eigenvalue weighted by atomic mass is 16.5. The summed E-state index contributed by atoms with van der Waals surface area (Å²) < 4.78 is 20.3. The van der Waals surface area contributed by atoms with E-state index < -0.39 is 11.9 Å². The third-order valence-electron chi connectivity index (χ3n) is 4.64. The number of rotatable bonds is 10. The molecule has 0 unspecified atom stereocenters. The largest absolute Gasteiger partial charge is 0.462 e. The van der Waals surface area contributed by atoms with Gasteiger partial charge in [-0.2, -0.15) is 0 Å². The molecule has 0 aromatic rings.